The second-order valence-corrected chi connectivity index (χ2v) is 6.17. The Morgan fingerprint density at radius 1 is 1.12 bits per heavy atom. The predicted molar refractivity (Wildman–Crippen MR) is 97.2 cm³/mol. The number of para-hydroxylation sites is 1. The first-order valence-corrected chi connectivity index (χ1v) is 8.51. The molecule has 5 nitrogen and oxygen atoms in total. The lowest BCUT2D eigenvalue weighted by atomic mass is 10.1. The summed E-state index contributed by atoms with van der Waals surface area (Å²) in [5.41, 5.74) is 0.266. The molecular formula is C18H16N2O3S. The Hall–Kier alpha value is -2.73. The van der Waals surface area contributed by atoms with Crippen LogP contribution in [0.1, 0.15) is 10.4 Å². The van der Waals surface area contributed by atoms with E-state index < -0.39 is 11.5 Å². The van der Waals surface area contributed by atoms with Gasteiger partial charge in [-0.1, -0.05) is 12.1 Å². The smallest absolute Gasteiger partial charge is 0.267 e. The highest BCUT2D eigenvalue weighted by molar-refractivity contribution is 7.98. The Kier molecular flexibility index (Phi) is 4.31. The zero-order valence-electron chi connectivity index (χ0n) is 13.2. The molecule has 0 atom stereocenters. The summed E-state index contributed by atoms with van der Waals surface area (Å²) in [6, 6.07) is 14.2. The third-order valence-electron chi connectivity index (χ3n) is 3.87. The van der Waals surface area contributed by atoms with Crippen molar-refractivity contribution in [1.82, 2.24) is 4.98 Å². The summed E-state index contributed by atoms with van der Waals surface area (Å²) in [6.07, 6.45) is 1.97. The van der Waals surface area contributed by atoms with Crippen LogP contribution < -0.4 is 10.5 Å². The molecule has 0 saturated carbocycles. The van der Waals surface area contributed by atoms with E-state index in [4.69, 9.17) is 0 Å². The van der Waals surface area contributed by atoms with Crippen molar-refractivity contribution in [2.75, 3.05) is 18.2 Å². The summed E-state index contributed by atoms with van der Waals surface area (Å²) in [6.45, 7) is 0. The second kappa shape index (κ2) is 6.41. The Morgan fingerprint density at radius 2 is 1.79 bits per heavy atom. The molecule has 0 bridgehead atoms. The van der Waals surface area contributed by atoms with E-state index in [9.17, 15) is 14.7 Å². The average Bonchev–Trinajstić information content (AvgIpc) is 2.61. The summed E-state index contributed by atoms with van der Waals surface area (Å²) in [5, 5.41) is 10.8. The molecule has 0 unspecified atom stereocenters. The van der Waals surface area contributed by atoms with Crippen LogP contribution in [0.25, 0.3) is 10.9 Å². The lowest BCUT2D eigenvalue weighted by Gasteiger charge is -2.18. The van der Waals surface area contributed by atoms with Gasteiger partial charge in [0.25, 0.3) is 11.5 Å². The van der Waals surface area contributed by atoms with E-state index in [1.807, 2.05) is 18.4 Å². The molecular weight excluding hydrogens is 324 g/mol. The van der Waals surface area contributed by atoms with Gasteiger partial charge in [0.2, 0.25) is 0 Å². The van der Waals surface area contributed by atoms with Crippen LogP contribution in [-0.2, 0) is 0 Å². The molecule has 24 heavy (non-hydrogen) atoms. The molecule has 2 N–H and O–H groups in total. The first-order chi connectivity index (χ1) is 11.5. The zero-order valence-corrected chi connectivity index (χ0v) is 14.1. The van der Waals surface area contributed by atoms with Gasteiger partial charge in [0.15, 0.2) is 0 Å². The van der Waals surface area contributed by atoms with Crippen LogP contribution >= 0.6 is 11.8 Å². The average molecular weight is 340 g/mol. The van der Waals surface area contributed by atoms with Crippen molar-refractivity contribution in [2.24, 2.45) is 0 Å². The van der Waals surface area contributed by atoms with Crippen LogP contribution in [0.3, 0.4) is 0 Å². The van der Waals surface area contributed by atoms with Gasteiger partial charge in [0, 0.05) is 23.0 Å². The van der Waals surface area contributed by atoms with E-state index >= 15 is 0 Å². The van der Waals surface area contributed by atoms with Crippen LogP contribution in [0.2, 0.25) is 0 Å². The molecule has 0 fully saturated rings. The maximum atomic E-state index is 12.7. The number of nitrogens with one attached hydrogen (secondary N) is 1. The van der Waals surface area contributed by atoms with E-state index in [1.54, 1.807) is 55.2 Å². The number of carbonyl (C=O) groups excluding carboxylic acids is 1. The molecule has 2 aromatic carbocycles. The van der Waals surface area contributed by atoms with Crippen molar-refractivity contribution in [2.45, 2.75) is 4.90 Å². The maximum absolute atomic E-state index is 12.7. The molecule has 3 aromatic rings. The molecule has 6 heteroatoms. The lowest BCUT2D eigenvalue weighted by molar-refractivity contribution is 0.0989. The minimum absolute atomic E-state index is 0.259. The van der Waals surface area contributed by atoms with Crippen LogP contribution in [-0.4, -0.2) is 29.3 Å². The number of amides is 1. The molecule has 0 aliphatic rings. The van der Waals surface area contributed by atoms with E-state index in [1.165, 1.54) is 4.90 Å². The van der Waals surface area contributed by atoms with Crippen molar-refractivity contribution >= 4 is 34.3 Å². The summed E-state index contributed by atoms with van der Waals surface area (Å²) in [7, 11) is 1.57. The number of carbonyl (C=O) groups is 1. The standard InChI is InChI=1S/C18H16N2O3S/c1-20(11-7-9-12(24-2)10-8-11)18(23)15-16(21)13-5-3-4-6-14(13)19-17(15)22/h3-10H,1-2H3,(H2,19,21,22). The minimum atomic E-state index is -0.608. The van der Waals surface area contributed by atoms with Gasteiger partial charge in [-0.15, -0.1) is 11.8 Å². The second-order valence-electron chi connectivity index (χ2n) is 5.29. The Labute approximate surface area is 142 Å². The van der Waals surface area contributed by atoms with E-state index in [-0.39, 0.29) is 11.3 Å². The Balaban J connectivity index is 2.05. The normalized spacial score (nSPS) is 10.8. The molecule has 0 spiro atoms. The molecule has 122 valence electrons. The first-order valence-electron chi connectivity index (χ1n) is 7.29. The number of benzene rings is 2. The molecule has 0 saturated heterocycles. The Morgan fingerprint density at radius 3 is 2.46 bits per heavy atom. The topological polar surface area (TPSA) is 73.4 Å². The highest BCUT2D eigenvalue weighted by atomic mass is 32.2. The van der Waals surface area contributed by atoms with Gasteiger partial charge in [0.1, 0.15) is 11.3 Å². The number of fused-ring (bicyclic) bond motifs is 1. The minimum Gasteiger partial charge on any atom is -0.506 e. The number of hydrogen-bond acceptors (Lipinski definition) is 4. The number of H-pyrrole nitrogens is 1. The molecule has 0 aliphatic heterocycles. The van der Waals surface area contributed by atoms with Gasteiger partial charge in [0.05, 0.1) is 5.52 Å². The van der Waals surface area contributed by atoms with Gasteiger partial charge in [-0.05, 0) is 42.7 Å². The number of anilines is 1. The fourth-order valence-corrected chi connectivity index (χ4v) is 2.92. The summed E-state index contributed by atoms with van der Waals surface area (Å²) < 4.78 is 0. The number of nitrogens with zero attached hydrogens (tertiary/aromatic N) is 1. The number of hydrogen-bond donors (Lipinski definition) is 2. The lowest BCUT2D eigenvalue weighted by Crippen LogP contribution is -2.31. The molecule has 3 rings (SSSR count). The fourth-order valence-electron chi connectivity index (χ4n) is 2.51. The van der Waals surface area contributed by atoms with Gasteiger partial charge < -0.3 is 15.0 Å². The molecule has 1 amide bonds. The number of thioether (sulfide) groups is 1. The highest BCUT2D eigenvalue weighted by Crippen LogP contribution is 2.27. The van der Waals surface area contributed by atoms with Gasteiger partial charge in [-0.3, -0.25) is 9.59 Å². The van der Waals surface area contributed by atoms with E-state index in [0.717, 1.165) is 4.90 Å². The van der Waals surface area contributed by atoms with Crippen molar-refractivity contribution in [3.63, 3.8) is 0 Å². The monoisotopic (exact) mass is 340 g/mol. The molecule has 0 aliphatic carbocycles. The number of aromatic hydroxyl groups is 1. The Bertz CT molecular complexity index is 964. The summed E-state index contributed by atoms with van der Waals surface area (Å²) >= 11 is 1.60. The summed E-state index contributed by atoms with van der Waals surface area (Å²) in [4.78, 5) is 30.1. The molecule has 1 heterocycles. The molecule has 1 aromatic heterocycles. The van der Waals surface area contributed by atoms with E-state index in [0.29, 0.717) is 16.6 Å². The SMILES string of the molecule is CSc1ccc(N(C)C(=O)c2c(O)c3ccccc3[nH]c2=O)cc1. The third-order valence-corrected chi connectivity index (χ3v) is 4.62. The van der Waals surface area contributed by atoms with Crippen molar-refractivity contribution in [1.29, 1.82) is 0 Å². The fraction of sp³-hybridized carbons (Fsp3) is 0.111. The van der Waals surface area contributed by atoms with E-state index in [2.05, 4.69) is 4.98 Å². The van der Waals surface area contributed by atoms with Crippen molar-refractivity contribution < 1.29 is 9.90 Å². The predicted octanol–water partition coefficient (Wildman–Crippen LogP) is 3.23. The van der Waals surface area contributed by atoms with Crippen LogP contribution in [0.4, 0.5) is 5.69 Å². The first kappa shape index (κ1) is 16.1. The van der Waals surface area contributed by atoms with Crippen molar-refractivity contribution in [3.8, 4) is 5.75 Å². The van der Waals surface area contributed by atoms with Gasteiger partial charge >= 0.3 is 0 Å². The highest BCUT2D eigenvalue weighted by Gasteiger charge is 2.23. The molecule has 0 radical (unpaired) electrons. The zero-order chi connectivity index (χ0) is 17.3. The maximum Gasteiger partial charge on any atom is 0.267 e. The number of aromatic nitrogens is 1. The quantitative estimate of drug-likeness (QED) is 0.718. The van der Waals surface area contributed by atoms with Crippen LogP contribution in [0, 0.1) is 0 Å². The van der Waals surface area contributed by atoms with Crippen LogP contribution in [0.5, 0.6) is 5.75 Å². The van der Waals surface area contributed by atoms with Gasteiger partial charge in [-0.25, -0.2) is 0 Å². The number of rotatable bonds is 3. The number of pyridine rings is 1. The third kappa shape index (κ3) is 2.76. The summed E-state index contributed by atoms with van der Waals surface area (Å²) in [5.74, 6) is -0.858. The van der Waals surface area contributed by atoms with Gasteiger partial charge in [-0.2, -0.15) is 0 Å². The van der Waals surface area contributed by atoms with Crippen LogP contribution in [0.15, 0.2) is 58.2 Å². The van der Waals surface area contributed by atoms with Crippen molar-refractivity contribution in [3.05, 3.63) is 64.4 Å². The largest absolute Gasteiger partial charge is 0.506 e. The number of aromatic amines is 1.